The second kappa shape index (κ2) is 14.0. The van der Waals surface area contributed by atoms with Crippen LogP contribution >= 0.6 is 0 Å². The average Bonchev–Trinajstić information content (AvgIpc) is 2.22. The van der Waals surface area contributed by atoms with E-state index in [2.05, 4.69) is 0 Å². The molecular weight excluding hydrogens is 329 g/mol. The van der Waals surface area contributed by atoms with Gasteiger partial charge < -0.3 is 36.2 Å². The van der Waals surface area contributed by atoms with Crippen LogP contribution in [0.5, 0.6) is 0 Å². The second-order valence-corrected chi connectivity index (χ2v) is 3.95. The van der Waals surface area contributed by atoms with Crippen LogP contribution in [0.25, 0.3) is 0 Å². The summed E-state index contributed by atoms with van der Waals surface area (Å²) in [5, 5.41) is 38.0. The van der Waals surface area contributed by atoms with Crippen molar-refractivity contribution >= 4 is 23.9 Å². The molecule has 0 aliphatic carbocycles. The summed E-state index contributed by atoms with van der Waals surface area (Å²) in [4.78, 5) is 43.9. The first-order valence-corrected chi connectivity index (χ1v) is 5.48. The maximum Gasteiger partial charge on any atom is 1.00 e. The Hall–Kier alpha value is -0.604. The Morgan fingerprint density at radius 3 is 1.23 bits per heavy atom. The fourth-order valence-electron chi connectivity index (χ4n) is 1.46. The van der Waals surface area contributed by atoms with E-state index in [1.165, 1.54) is 0 Å². The molecule has 0 heterocycles. The largest absolute Gasteiger partial charge is 1.00 e. The minimum absolute atomic E-state index is 0. The fraction of sp³-hybridized carbons (Fsp3) is 0.600. The monoisotopic (exact) mass is 347 g/mol. The third kappa shape index (κ3) is 15.8. The summed E-state index contributed by atoms with van der Waals surface area (Å²) in [7, 11) is 0. The second-order valence-electron chi connectivity index (χ2n) is 3.95. The van der Waals surface area contributed by atoms with E-state index in [0.29, 0.717) is 0 Å². The van der Waals surface area contributed by atoms with Crippen molar-refractivity contribution in [1.82, 2.24) is 16.0 Å². The zero-order valence-electron chi connectivity index (χ0n) is 12.5. The van der Waals surface area contributed by atoms with Gasteiger partial charge in [-0.3, -0.25) is 19.4 Å². The van der Waals surface area contributed by atoms with Gasteiger partial charge in [0.05, 0.1) is 25.0 Å². The van der Waals surface area contributed by atoms with Gasteiger partial charge in [0.15, 0.2) is 0 Å². The number of aliphatic carboxylic acids is 4. The van der Waals surface area contributed by atoms with Gasteiger partial charge in [-0.05, 0) is 0 Å². The predicted molar refractivity (Wildman–Crippen MR) is 64.2 cm³/mol. The molecule has 12 heteroatoms. The van der Waals surface area contributed by atoms with Crippen molar-refractivity contribution in [2.24, 2.45) is 0 Å². The van der Waals surface area contributed by atoms with Gasteiger partial charge in [-0.15, -0.1) is 0 Å². The van der Waals surface area contributed by atoms with Crippen LogP contribution in [-0.2, 0) is 19.2 Å². The summed E-state index contributed by atoms with van der Waals surface area (Å²) in [5.41, 5.74) is 0. The number of rotatable bonds is 11. The Balaban J connectivity index is -0.00000180. The van der Waals surface area contributed by atoms with Crippen LogP contribution < -0.4 is 67.7 Å². The summed E-state index contributed by atoms with van der Waals surface area (Å²) in [6.07, 6.45) is 0. The molecule has 0 fully saturated rings. The Morgan fingerprint density at radius 2 is 1.00 bits per heavy atom. The molecule has 0 bridgehead atoms. The number of hydrogen-bond donors (Lipinski definition) is 3. The van der Waals surface area contributed by atoms with Crippen LogP contribution in [0.3, 0.4) is 0 Å². The molecule has 0 aromatic rings. The van der Waals surface area contributed by atoms with E-state index < -0.39 is 50.1 Å². The molecule has 0 unspecified atom stereocenters. The van der Waals surface area contributed by atoms with Crippen molar-refractivity contribution in [1.29, 1.82) is 0 Å². The maximum atomic E-state index is 10.5. The number of quaternary nitrogens is 1. The summed E-state index contributed by atoms with van der Waals surface area (Å²) in [6.45, 7) is -2.75. The number of carbonyl (C=O) groups is 4. The van der Waals surface area contributed by atoms with Gasteiger partial charge >= 0.3 is 63.3 Å². The number of carboxylic acids is 4. The van der Waals surface area contributed by atoms with E-state index >= 15 is 0 Å². The quantitative estimate of drug-likeness (QED) is 0.302. The average molecular weight is 347 g/mol. The minimum Gasteiger partial charge on any atom is -0.549 e. The zero-order valence-corrected chi connectivity index (χ0v) is 15.6. The van der Waals surface area contributed by atoms with Crippen LogP contribution in [0.2, 0.25) is 0 Å². The first-order chi connectivity index (χ1) is 9.20. The molecule has 0 saturated heterocycles. The van der Waals surface area contributed by atoms with Crippen LogP contribution in [0.1, 0.15) is 0 Å². The molecule has 122 valence electrons. The summed E-state index contributed by atoms with van der Waals surface area (Å²) in [6, 6.07) is 0. The molecule has 22 heavy (non-hydrogen) atoms. The summed E-state index contributed by atoms with van der Waals surface area (Å²) >= 11 is 0. The van der Waals surface area contributed by atoms with Crippen molar-refractivity contribution < 1.29 is 91.0 Å². The zero-order chi connectivity index (χ0) is 15.7. The predicted octanol–water partition coefficient (Wildman–Crippen LogP) is -7.36. The fourth-order valence-corrected chi connectivity index (χ4v) is 1.46. The molecule has 0 saturated carbocycles. The van der Waals surface area contributed by atoms with Crippen molar-refractivity contribution in [2.45, 2.75) is 0 Å². The normalized spacial score (nSPS) is 9.73. The molecule has 0 atom stereocenters. The number of nitrogens with zero attached hydrogens (tertiary/aromatic N) is 2. The van der Waals surface area contributed by atoms with E-state index in [-0.39, 0.29) is 70.6 Å². The van der Waals surface area contributed by atoms with Crippen LogP contribution in [0, 0.1) is 0 Å². The molecule has 0 spiro atoms. The number of carbonyl (C=O) groups excluding carboxylic acids is 2. The van der Waals surface area contributed by atoms with E-state index in [0.717, 1.165) is 9.80 Å². The first kappa shape index (κ1) is 26.3. The maximum absolute atomic E-state index is 10.5. The van der Waals surface area contributed by atoms with Gasteiger partial charge in [0, 0.05) is 26.2 Å². The third-order valence-electron chi connectivity index (χ3n) is 2.16. The molecule has 0 radical (unpaired) electrons. The summed E-state index contributed by atoms with van der Waals surface area (Å²) in [5.74, 6) is -5.52. The van der Waals surface area contributed by atoms with Crippen molar-refractivity contribution in [3.8, 4) is 0 Å². The van der Waals surface area contributed by atoms with Crippen LogP contribution in [0.15, 0.2) is 0 Å². The van der Waals surface area contributed by atoms with E-state index in [1.807, 2.05) is 0 Å². The van der Waals surface area contributed by atoms with Gasteiger partial charge in [0.2, 0.25) is 0 Å². The topological polar surface area (TPSA) is 198 Å². The Kier molecular flexibility index (Phi) is 16.8. The molecular formula is C10H18KN3O8. The van der Waals surface area contributed by atoms with Crippen LogP contribution in [0.4, 0.5) is 0 Å². The smallest absolute Gasteiger partial charge is 0.549 e. The molecule has 11 nitrogen and oxygen atoms in total. The standard InChI is InChI=1S/C10H16N2O8.K.H3N/c13-7(14)3-11(4-8(15)16)1-2-12(5-9(17)18)6-10(19)20;;/h1-6H2,(H,13,14)(H,15,16)(H,17,18)(H,19,20);;1H3/q;+1;/p-1. The SMILES string of the molecule is O=C([O-])CN(CCN(CC(=O)O)CC(=O)O)CC(=O)[O-].[K+].[NH4+]. The molecule has 0 aromatic carbocycles. The number of hydrogen-bond acceptors (Lipinski definition) is 8. The Labute approximate surface area is 168 Å². The van der Waals surface area contributed by atoms with Crippen LogP contribution in [-0.4, -0.2) is 83.2 Å². The van der Waals surface area contributed by atoms with Gasteiger partial charge in [0.1, 0.15) is 0 Å². The Morgan fingerprint density at radius 1 is 0.727 bits per heavy atom. The first-order valence-electron chi connectivity index (χ1n) is 5.48. The van der Waals surface area contributed by atoms with Crippen molar-refractivity contribution in [3.05, 3.63) is 0 Å². The molecule has 0 amide bonds. The summed E-state index contributed by atoms with van der Waals surface area (Å²) < 4.78 is 0. The van der Waals surface area contributed by atoms with Crippen molar-refractivity contribution in [2.75, 3.05) is 39.3 Å². The third-order valence-corrected chi connectivity index (χ3v) is 2.16. The Bertz CT molecular complexity index is 324. The van der Waals surface area contributed by atoms with E-state index in [4.69, 9.17) is 10.2 Å². The van der Waals surface area contributed by atoms with Crippen molar-refractivity contribution in [3.63, 3.8) is 0 Å². The van der Waals surface area contributed by atoms with Gasteiger partial charge in [0.25, 0.3) is 0 Å². The van der Waals surface area contributed by atoms with E-state index in [1.54, 1.807) is 0 Å². The number of carboxylic acid groups (broad SMARTS) is 4. The molecule has 0 aliphatic rings. The van der Waals surface area contributed by atoms with Gasteiger partial charge in [-0.2, -0.15) is 0 Å². The minimum atomic E-state index is -1.51. The van der Waals surface area contributed by atoms with Gasteiger partial charge in [-0.25, -0.2) is 0 Å². The molecule has 0 rings (SSSR count). The van der Waals surface area contributed by atoms with Gasteiger partial charge in [-0.1, -0.05) is 0 Å². The molecule has 0 aliphatic heterocycles. The van der Waals surface area contributed by atoms with E-state index in [9.17, 15) is 29.4 Å². The molecule has 0 aromatic heterocycles. The molecule has 6 N–H and O–H groups in total.